The van der Waals surface area contributed by atoms with Crippen molar-refractivity contribution in [3.05, 3.63) is 98.8 Å². The molecule has 0 bridgehead atoms. The van der Waals surface area contributed by atoms with Gasteiger partial charge in [-0.2, -0.15) is 0 Å². The number of halogens is 3. The van der Waals surface area contributed by atoms with Crippen molar-refractivity contribution in [2.24, 2.45) is 0 Å². The van der Waals surface area contributed by atoms with Crippen molar-refractivity contribution < 1.29 is 28.6 Å². The van der Waals surface area contributed by atoms with Gasteiger partial charge in [-0.25, -0.2) is 4.39 Å². The highest BCUT2D eigenvalue weighted by Gasteiger charge is 2.46. The van der Waals surface area contributed by atoms with E-state index in [1.807, 2.05) is 13.8 Å². The van der Waals surface area contributed by atoms with E-state index in [9.17, 15) is 19.1 Å². The summed E-state index contributed by atoms with van der Waals surface area (Å²) in [5.41, 5.74) is 1.30. The summed E-state index contributed by atoms with van der Waals surface area (Å²) in [6.07, 6.45) is 0.256. The Morgan fingerprint density at radius 3 is 2.45 bits per heavy atom. The van der Waals surface area contributed by atoms with E-state index in [0.29, 0.717) is 17.7 Å². The molecule has 0 saturated carbocycles. The topological polar surface area (TPSA) is 76.1 Å². The Labute approximate surface area is 230 Å². The van der Waals surface area contributed by atoms with Gasteiger partial charge in [-0.15, -0.1) is 0 Å². The summed E-state index contributed by atoms with van der Waals surface area (Å²) in [6.45, 7) is 3.91. The smallest absolute Gasteiger partial charge is 0.295 e. The number of ketones is 1. The summed E-state index contributed by atoms with van der Waals surface area (Å²) in [6, 6.07) is 14.9. The molecule has 3 aromatic carbocycles. The van der Waals surface area contributed by atoms with Gasteiger partial charge < -0.3 is 19.5 Å². The van der Waals surface area contributed by atoms with Crippen LogP contribution in [-0.4, -0.2) is 41.5 Å². The van der Waals surface area contributed by atoms with Gasteiger partial charge in [0.1, 0.15) is 23.1 Å². The summed E-state index contributed by atoms with van der Waals surface area (Å²) in [7, 11) is 1.37. The Hall–Kier alpha value is -3.55. The zero-order chi connectivity index (χ0) is 27.6. The van der Waals surface area contributed by atoms with Crippen molar-refractivity contribution >= 4 is 40.7 Å². The van der Waals surface area contributed by atoms with Gasteiger partial charge in [0.25, 0.3) is 11.7 Å². The van der Waals surface area contributed by atoms with Crippen molar-refractivity contribution in [2.45, 2.75) is 32.4 Å². The maximum Gasteiger partial charge on any atom is 0.295 e. The van der Waals surface area contributed by atoms with E-state index < -0.39 is 23.5 Å². The second-order valence-corrected chi connectivity index (χ2v) is 9.92. The van der Waals surface area contributed by atoms with E-state index in [0.717, 1.165) is 5.56 Å². The molecule has 0 aromatic heterocycles. The fraction of sp³-hybridized carbons (Fsp3) is 0.241. The minimum absolute atomic E-state index is 0.0844. The molecule has 1 atom stereocenters. The van der Waals surface area contributed by atoms with Gasteiger partial charge in [0.05, 0.1) is 35.4 Å². The van der Waals surface area contributed by atoms with Gasteiger partial charge in [-0.05, 0) is 67.8 Å². The fourth-order valence-corrected chi connectivity index (χ4v) is 5.05. The summed E-state index contributed by atoms with van der Waals surface area (Å²) in [5.74, 6) is -1.81. The molecule has 1 N–H and O–H groups in total. The molecule has 1 aliphatic heterocycles. The predicted octanol–water partition coefficient (Wildman–Crippen LogP) is 6.59. The lowest BCUT2D eigenvalue weighted by Crippen LogP contribution is -2.31. The number of hydrogen-bond acceptors (Lipinski definition) is 5. The fourth-order valence-electron chi connectivity index (χ4n) is 4.48. The molecule has 1 amide bonds. The number of carbonyl (C=O) groups is 2. The number of hydrogen-bond donors (Lipinski definition) is 1. The minimum Gasteiger partial charge on any atom is -0.507 e. The van der Waals surface area contributed by atoms with Crippen molar-refractivity contribution in [3.8, 4) is 11.5 Å². The summed E-state index contributed by atoms with van der Waals surface area (Å²) >= 11 is 12.5. The van der Waals surface area contributed by atoms with Gasteiger partial charge in [-0.1, -0.05) is 47.5 Å². The van der Waals surface area contributed by atoms with Crippen molar-refractivity contribution in [1.82, 2.24) is 4.90 Å². The summed E-state index contributed by atoms with van der Waals surface area (Å²) in [4.78, 5) is 28.1. The molecule has 0 aliphatic carbocycles. The average Bonchev–Trinajstić information content (AvgIpc) is 3.12. The van der Waals surface area contributed by atoms with Crippen molar-refractivity contribution in [3.63, 3.8) is 0 Å². The van der Waals surface area contributed by atoms with Crippen LogP contribution in [0.2, 0.25) is 10.0 Å². The molecule has 1 aliphatic rings. The van der Waals surface area contributed by atoms with Crippen LogP contribution in [0.1, 0.15) is 36.6 Å². The minimum atomic E-state index is -0.936. The molecule has 1 unspecified atom stereocenters. The van der Waals surface area contributed by atoms with Gasteiger partial charge in [0.2, 0.25) is 0 Å². The third-order valence-electron chi connectivity index (χ3n) is 6.11. The number of rotatable bonds is 8. The van der Waals surface area contributed by atoms with Crippen LogP contribution >= 0.6 is 23.2 Å². The lowest BCUT2D eigenvalue weighted by Gasteiger charge is -2.26. The van der Waals surface area contributed by atoms with E-state index >= 15 is 0 Å². The first-order valence-electron chi connectivity index (χ1n) is 11.9. The largest absolute Gasteiger partial charge is 0.507 e. The molecule has 6 nitrogen and oxygen atoms in total. The molecule has 38 heavy (non-hydrogen) atoms. The Kier molecular flexibility index (Phi) is 8.29. The Bertz CT molecular complexity index is 1400. The highest BCUT2D eigenvalue weighted by molar-refractivity contribution is 6.46. The van der Waals surface area contributed by atoms with Gasteiger partial charge in [-0.3, -0.25) is 9.59 Å². The highest BCUT2D eigenvalue weighted by atomic mass is 35.5. The summed E-state index contributed by atoms with van der Waals surface area (Å²) in [5, 5.41) is 11.8. The molecule has 3 aromatic rings. The van der Waals surface area contributed by atoms with Gasteiger partial charge in [0.15, 0.2) is 0 Å². The van der Waals surface area contributed by atoms with Crippen LogP contribution in [0, 0.1) is 5.82 Å². The van der Waals surface area contributed by atoms with Crippen molar-refractivity contribution in [1.29, 1.82) is 0 Å². The standard InChI is InChI=1S/C29H26Cl2FNO5/c1-16(2)38-21-6-4-5-18(13-21)25-24(26(34)22-14-19(30)15-23(31)28(22)37-3)27(35)29(36)33(25)12-11-17-7-9-20(32)10-8-17/h4-10,13-16,25,34H,11-12H2,1-3H3/b26-24+. The molecular formula is C29H26Cl2FNO5. The van der Waals surface area contributed by atoms with Crippen LogP contribution < -0.4 is 9.47 Å². The van der Waals surface area contributed by atoms with E-state index in [1.54, 1.807) is 36.4 Å². The van der Waals surface area contributed by atoms with Crippen LogP contribution in [-0.2, 0) is 16.0 Å². The molecule has 1 fully saturated rings. The number of carbonyl (C=O) groups excluding carboxylic acids is 2. The third kappa shape index (κ3) is 5.64. The number of methoxy groups -OCH3 is 1. The number of amides is 1. The first-order valence-corrected chi connectivity index (χ1v) is 12.7. The SMILES string of the molecule is COc1c(Cl)cc(Cl)cc1/C(O)=C1\C(=O)C(=O)N(CCc2ccc(F)cc2)C1c1cccc(OC(C)C)c1. The first kappa shape index (κ1) is 27.5. The Morgan fingerprint density at radius 2 is 1.79 bits per heavy atom. The van der Waals surface area contributed by atoms with Crippen LogP contribution in [0.3, 0.4) is 0 Å². The van der Waals surface area contributed by atoms with Gasteiger partial charge in [0, 0.05) is 11.6 Å². The maximum atomic E-state index is 13.4. The van der Waals surface area contributed by atoms with Crippen LogP contribution in [0.15, 0.2) is 66.2 Å². The number of ether oxygens (including phenoxy) is 2. The van der Waals surface area contributed by atoms with Crippen LogP contribution in [0.5, 0.6) is 11.5 Å². The lowest BCUT2D eigenvalue weighted by molar-refractivity contribution is -0.139. The van der Waals surface area contributed by atoms with E-state index in [-0.39, 0.29) is 45.4 Å². The van der Waals surface area contributed by atoms with Crippen LogP contribution in [0.25, 0.3) is 5.76 Å². The van der Waals surface area contributed by atoms with E-state index in [1.165, 1.54) is 36.3 Å². The number of Topliss-reactive ketones (excluding diaryl/α,β-unsaturated/α-hetero) is 1. The zero-order valence-electron chi connectivity index (χ0n) is 21.0. The van der Waals surface area contributed by atoms with Crippen molar-refractivity contribution in [2.75, 3.05) is 13.7 Å². The lowest BCUT2D eigenvalue weighted by atomic mass is 9.94. The monoisotopic (exact) mass is 557 g/mol. The third-order valence-corrected chi connectivity index (χ3v) is 6.61. The number of likely N-dealkylation sites (tertiary alicyclic amines) is 1. The molecule has 1 heterocycles. The maximum absolute atomic E-state index is 13.4. The Balaban J connectivity index is 1.86. The average molecular weight is 558 g/mol. The number of benzene rings is 3. The quantitative estimate of drug-likeness (QED) is 0.192. The van der Waals surface area contributed by atoms with E-state index in [4.69, 9.17) is 32.7 Å². The number of aliphatic hydroxyl groups excluding tert-OH is 1. The molecule has 9 heteroatoms. The number of nitrogens with zero attached hydrogens (tertiary/aromatic N) is 1. The molecule has 198 valence electrons. The molecule has 0 radical (unpaired) electrons. The molecular weight excluding hydrogens is 532 g/mol. The molecule has 4 rings (SSSR count). The Morgan fingerprint density at radius 1 is 1.08 bits per heavy atom. The van der Waals surface area contributed by atoms with E-state index in [2.05, 4.69) is 0 Å². The van der Waals surface area contributed by atoms with Gasteiger partial charge >= 0.3 is 0 Å². The predicted molar refractivity (Wildman–Crippen MR) is 144 cm³/mol. The second-order valence-electron chi connectivity index (χ2n) is 9.08. The zero-order valence-corrected chi connectivity index (χ0v) is 22.5. The second kappa shape index (κ2) is 11.5. The molecule has 1 saturated heterocycles. The molecule has 0 spiro atoms. The highest BCUT2D eigenvalue weighted by Crippen LogP contribution is 2.43. The normalized spacial score (nSPS) is 16.8. The summed E-state index contributed by atoms with van der Waals surface area (Å²) < 4.78 is 24.6. The van der Waals surface area contributed by atoms with Crippen LogP contribution in [0.4, 0.5) is 4.39 Å². The number of aliphatic hydroxyl groups is 1. The first-order chi connectivity index (χ1) is 18.1.